The van der Waals surface area contributed by atoms with Gasteiger partial charge in [-0.3, -0.25) is 9.59 Å². The predicted molar refractivity (Wildman–Crippen MR) is 143 cm³/mol. The van der Waals surface area contributed by atoms with Crippen molar-refractivity contribution in [2.45, 2.75) is 71.2 Å². The lowest BCUT2D eigenvalue weighted by Gasteiger charge is -2.28. The lowest BCUT2D eigenvalue weighted by Crippen LogP contribution is -2.38. The number of hydrogen-bond acceptors (Lipinski definition) is 5. The second kappa shape index (κ2) is 14.2. The topological polar surface area (TPSA) is 116 Å². The van der Waals surface area contributed by atoms with E-state index < -0.39 is 35.7 Å². The van der Waals surface area contributed by atoms with Crippen molar-refractivity contribution in [3.63, 3.8) is 0 Å². The Morgan fingerprint density at radius 2 is 1.71 bits per heavy atom. The minimum Gasteiger partial charge on any atom is -0.398 e. The number of hydrogen-bond donors (Lipinski definition) is 5. The number of nitrogen functional groups attached to an aromatic ring is 1. The fourth-order valence-corrected chi connectivity index (χ4v) is 4.32. The Bertz CT molecular complexity index is 1090. The van der Waals surface area contributed by atoms with Crippen LogP contribution < -0.4 is 21.7 Å². The molecule has 2 rings (SSSR count). The quantitative estimate of drug-likeness (QED) is 0.183. The average molecular weight is 537 g/mol. The zero-order valence-corrected chi connectivity index (χ0v) is 22.3. The highest BCUT2D eigenvalue weighted by atomic mass is 19.4. The number of rotatable bonds is 14. The SMILES string of the molecule is CCCC(O)(CCCNC(=O)CNC(=O)c1cc(C(F)(F)F)ccc1N)CCNCc1ccc(C)cc1C. The van der Waals surface area contributed by atoms with Crippen molar-refractivity contribution in [2.24, 2.45) is 0 Å². The fourth-order valence-electron chi connectivity index (χ4n) is 4.32. The maximum Gasteiger partial charge on any atom is 0.416 e. The minimum atomic E-state index is -4.62. The van der Waals surface area contributed by atoms with Gasteiger partial charge >= 0.3 is 6.18 Å². The highest BCUT2D eigenvalue weighted by Gasteiger charge is 2.31. The van der Waals surface area contributed by atoms with Crippen LogP contribution in [0.5, 0.6) is 0 Å². The van der Waals surface area contributed by atoms with Crippen LogP contribution >= 0.6 is 0 Å². The Hall–Kier alpha value is -3.11. The van der Waals surface area contributed by atoms with Crippen LogP contribution in [0.2, 0.25) is 0 Å². The molecule has 0 aliphatic heterocycles. The molecule has 0 fully saturated rings. The van der Waals surface area contributed by atoms with E-state index in [1.165, 1.54) is 16.7 Å². The van der Waals surface area contributed by atoms with Gasteiger partial charge in [0.1, 0.15) is 0 Å². The van der Waals surface area contributed by atoms with E-state index in [1.54, 1.807) is 0 Å². The van der Waals surface area contributed by atoms with Crippen LogP contribution in [-0.2, 0) is 17.5 Å². The maximum atomic E-state index is 12.9. The van der Waals surface area contributed by atoms with Crippen molar-refractivity contribution in [2.75, 3.05) is 25.4 Å². The van der Waals surface area contributed by atoms with Crippen LogP contribution in [0.3, 0.4) is 0 Å². The summed E-state index contributed by atoms with van der Waals surface area (Å²) in [4.78, 5) is 24.4. The number of halogens is 3. The van der Waals surface area contributed by atoms with Crippen LogP contribution in [0.1, 0.15) is 71.6 Å². The van der Waals surface area contributed by atoms with E-state index in [0.29, 0.717) is 44.8 Å². The Labute approximate surface area is 222 Å². The average Bonchev–Trinajstić information content (AvgIpc) is 2.84. The van der Waals surface area contributed by atoms with Crippen molar-refractivity contribution >= 4 is 17.5 Å². The van der Waals surface area contributed by atoms with Gasteiger partial charge in [0.2, 0.25) is 5.91 Å². The van der Waals surface area contributed by atoms with Crippen LogP contribution in [0.15, 0.2) is 36.4 Å². The molecule has 7 nitrogen and oxygen atoms in total. The molecule has 6 N–H and O–H groups in total. The second-order valence-corrected chi connectivity index (χ2v) is 9.77. The van der Waals surface area contributed by atoms with Crippen LogP contribution in [0, 0.1) is 13.8 Å². The summed E-state index contributed by atoms with van der Waals surface area (Å²) in [7, 11) is 0. The molecule has 0 saturated heterocycles. The highest BCUT2D eigenvalue weighted by Crippen LogP contribution is 2.31. The van der Waals surface area contributed by atoms with Gasteiger partial charge in [0.25, 0.3) is 5.91 Å². The molecule has 2 aromatic rings. The van der Waals surface area contributed by atoms with Crippen molar-refractivity contribution in [1.29, 1.82) is 0 Å². The third-order valence-corrected chi connectivity index (χ3v) is 6.47. The summed E-state index contributed by atoms with van der Waals surface area (Å²) >= 11 is 0. The molecule has 0 aromatic heterocycles. The lowest BCUT2D eigenvalue weighted by molar-refractivity contribution is -0.137. The summed E-state index contributed by atoms with van der Waals surface area (Å²) in [6.07, 6.45) is -1.54. The van der Waals surface area contributed by atoms with Crippen LogP contribution in [0.4, 0.5) is 18.9 Å². The van der Waals surface area contributed by atoms with E-state index >= 15 is 0 Å². The summed E-state index contributed by atoms with van der Waals surface area (Å²) in [5, 5.41) is 19.4. The molecule has 1 unspecified atom stereocenters. The van der Waals surface area contributed by atoms with E-state index in [1.807, 2.05) is 6.92 Å². The smallest absolute Gasteiger partial charge is 0.398 e. The molecule has 1 atom stereocenters. The van der Waals surface area contributed by atoms with E-state index in [4.69, 9.17) is 5.73 Å². The Morgan fingerprint density at radius 3 is 2.37 bits per heavy atom. The summed E-state index contributed by atoms with van der Waals surface area (Å²) in [5.41, 5.74) is 6.99. The molecule has 2 aromatic carbocycles. The number of aliphatic hydroxyl groups is 1. The van der Waals surface area contributed by atoms with Gasteiger partial charge in [0.05, 0.1) is 23.3 Å². The molecule has 0 radical (unpaired) electrons. The van der Waals surface area contributed by atoms with E-state index in [9.17, 15) is 27.9 Å². The number of nitrogens with one attached hydrogen (secondary N) is 3. The van der Waals surface area contributed by atoms with Crippen molar-refractivity contribution in [1.82, 2.24) is 16.0 Å². The van der Waals surface area contributed by atoms with E-state index in [0.717, 1.165) is 25.1 Å². The number of nitrogens with two attached hydrogens (primary N) is 1. The molecule has 0 saturated carbocycles. The van der Waals surface area contributed by atoms with Gasteiger partial charge in [0.15, 0.2) is 0 Å². The molecule has 0 heterocycles. The third kappa shape index (κ3) is 9.98. The largest absolute Gasteiger partial charge is 0.416 e. The number of carbonyl (C=O) groups is 2. The summed E-state index contributed by atoms with van der Waals surface area (Å²) in [6, 6.07) is 8.79. The van der Waals surface area contributed by atoms with Crippen molar-refractivity contribution in [3.8, 4) is 0 Å². The van der Waals surface area contributed by atoms with Crippen molar-refractivity contribution < 1.29 is 27.9 Å². The minimum absolute atomic E-state index is 0.116. The Morgan fingerprint density at radius 1 is 0.974 bits per heavy atom. The summed E-state index contributed by atoms with van der Waals surface area (Å²) in [6.45, 7) is 7.42. The number of aryl methyl sites for hydroxylation is 2. The molecule has 38 heavy (non-hydrogen) atoms. The van der Waals surface area contributed by atoms with Gasteiger partial charge < -0.3 is 26.8 Å². The van der Waals surface area contributed by atoms with Gasteiger partial charge in [-0.2, -0.15) is 13.2 Å². The van der Waals surface area contributed by atoms with Crippen LogP contribution in [-0.4, -0.2) is 42.2 Å². The number of amides is 2. The first-order valence-corrected chi connectivity index (χ1v) is 12.9. The third-order valence-electron chi connectivity index (χ3n) is 6.47. The number of carbonyl (C=O) groups excluding carboxylic acids is 2. The first-order chi connectivity index (χ1) is 17.8. The molecule has 0 aliphatic rings. The molecule has 2 amide bonds. The Kier molecular flexibility index (Phi) is 11.6. The predicted octanol–water partition coefficient (Wildman–Crippen LogP) is 4.24. The fraction of sp³-hybridized carbons (Fsp3) is 0.500. The van der Waals surface area contributed by atoms with Gasteiger partial charge in [-0.1, -0.05) is 37.1 Å². The number of benzene rings is 2. The highest BCUT2D eigenvalue weighted by molar-refractivity contribution is 6.00. The van der Waals surface area contributed by atoms with Gasteiger partial charge in [0, 0.05) is 18.8 Å². The van der Waals surface area contributed by atoms with Crippen LogP contribution in [0.25, 0.3) is 0 Å². The normalized spacial score (nSPS) is 13.1. The van der Waals surface area contributed by atoms with Crippen molar-refractivity contribution in [3.05, 3.63) is 64.2 Å². The summed E-state index contributed by atoms with van der Waals surface area (Å²) in [5.74, 6) is -1.35. The zero-order valence-electron chi connectivity index (χ0n) is 22.3. The molecule has 210 valence electrons. The first kappa shape index (κ1) is 31.1. The van der Waals surface area contributed by atoms with Gasteiger partial charge in [-0.25, -0.2) is 0 Å². The van der Waals surface area contributed by atoms with Gasteiger partial charge in [-0.15, -0.1) is 0 Å². The standard InChI is InChI=1S/C28H39F3N4O3/c1-4-10-27(38,12-14-33-17-21-7-6-19(2)15-20(21)3)11-5-13-34-25(36)18-35-26(37)23-16-22(28(29,30)31)8-9-24(23)32/h6-9,15-16,33,38H,4-5,10-14,17-18,32H2,1-3H3,(H,34,36)(H,35,37). The van der Waals surface area contributed by atoms with Gasteiger partial charge in [-0.05, 0) is 75.4 Å². The second-order valence-electron chi connectivity index (χ2n) is 9.77. The van der Waals surface area contributed by atoms with E-state index in [2.05, 4.69) is 48.0 Å². The zero-order chi connectivity index (χ0) is 28.3. The molecule has 10 heteroatoms. The molecule has 0 spiro atoms. The van der Waals surface area contributed by atoms with E-state index in [-0.39, 0.29) is 11.3 Å². The maximum absolute atomic E-state index is 12.9. The first-order valence-electron chi connectivity index (χ1n) is 12.9. The number of anilines is 1. The summed E-state index contributed by atoms with van der Waals surface area (Å²) < 4.78 is 38.7. The molecule has 0 bridgehead atoms. The lowest BCUT2D eigenvalue weighted by atomic mass is 9.89. The molecular weight excluding hydrogens is 497 g/mol. The molecular formula is C28H39F3N4O3. The number of alkyl halides is 3. The monoisotopic (exact) mass is 536 g/mol. The molecule has 0 aliphatic carbocycles. The Balaban J connectivity index is 1.74.